The molecule has 0 aromatic heterocycles. The highest BCUT2D eigenvalue weighted by atomic mass is 35.5. The van der Waals surface area contributed by atoms with Crippen LogP contribution in [0.5, 0.6) is 11.5 Å². The van der Waals surface area contributed by atoms with Crippen LogP contribution in [0.25, 0.3) is 0 Å². The van der Waals surface area contributed by atoms with Crippen molar-refractivity contribution in [2.45, 2.75) is 33.4 Å². The highest BCUT2D eigenvalue weighted by Gasteiger charge is 2.37. The van der Waals surface area contributed by atoms with Gasteiger partial charge in [-0.2, -0.15) is 0 Å². The summed E-state index contributed by atoms with van der Waals surface area (Å²) in [5.74, 6) is 0.0762. The lowest BCUT2D eigenvalue weighted by molar-refractivity contribution is -0.139. The van der Waals surface area contributed by atoms with Gasteiger partial charge in [-0.25, -0.2) is 14.2 Å². The number of thioether (sulfide) groups is 1. The predicted molar refractivity (Wildman–Crippen MR) is 131 cm³/mol. The zero-order valence-electron chi connectivity index (χ0n) is 19.0. The van der Waals surface area contributed by atoms with Crippen LogP contribution in [0.4, 0.5) is 4.39 Å². The Hall–Kier alpha value is -2.97. The molecule has 0 fully saturated rings. The van der Waals surface area contributed by atoms with Crippen molar-refractivity contribution in [3.63, 3.8) is 0 Å². The van der Waals surface area contributed by atoms with Crippen LogP contribution in [-0.2, 0) is 16.1 Å². The minimum atomic E-state index is -0.438. The summed E-state index contributed by atoms with van der Waals surface area (Å²) in [4.78, 5) is 19.4. The molecule has 0 radical (unpaired) electrons. The van der Waals surface area contributed by atoms with Crippen molar-refractivity contribution in [3.05, 3.63) is 81.2 Å². The maximum Gasteiger partial charge on any atom is 0.338 e. The molecule has 2 aromatic carbocycles. The van der Waals surface area contributed by atoms with E-state index < -0.39 is 17.8 Å². The lowest BCUT2D eigenvalue weighted by Gasteiger charge is -2.33. The van der Waals surface area contributed by atoms with E-state index in [0.717, 1.165) is 10.7 Å². The van der Waals surface area contributed by atoms with Crippen molar-refractivity contribution in [1.82, 2.24) is 4.90 Å². The number of carbonyl (C=O) groups is 1. The van der Waals surface area contributed by atoms with Crippen LogP contribution in [0.1, 0.15) is 37.9 Å². The van der Waals surface area contributed by atoms with E-state index in [4.69, 9.17) is 25.8 Å². The number of amidine groups is 1. The number of aliphatic imine (C=N–C) groups is 1. The monoisotopic (exact) mass is 502 g/mol. The highest BCUT2D eigenvalue weighted by molar-refractivity contribution is 8.16. The summed E-state index contributed by atoms with van der Waals surface area (Å²) < 4.78 is 31.3. The third kappa shape index (κ3) is 4.79. The fraction of sp³-hybridized carbons (Fsp3) is 0.280. The van der Waals surface area contributed by atoms with E-state index in [1.165, 1.54) is 17.8 Å². The summed E-state index contributed by atoms with van der Waals surface area (Å²) in [5.41, 5.74) is 2.15. The number of halogens is 2. The van der Waals surface area contributed by atoms with Crippen LogP contribution in [0.15, 0.2) is 64.3 Å². The van der Waals surface area contributed by atoms with E-state index in [0.29, 0.717) is 34.4 Å². The van der Waals surface area contributed by atoms with E-state index in [-0.39, 0.29) is 18.8 Å². The van der Waals surface area contributed by atoms with Crippen molar-refractivity contribution >= 4 is 34.5 Å². The van der Waals surface area contributed by atoms with Crippen LogP contribution in [0, 0.1) is 5.82 Å². The first-order chi connectivity index (χ1) is 16.4. The third-order valence-electron chi connectivity index (χ3n) is 5.33. The fourth-order valence-corrected chi connectivity index (χ4v) is 4.81. The molecule has 34 heavy (non-hydrogen) atoms. The zero-order valence-corrected chi connectivity index (χ0v) is 20.6. The molecular weight excluding hydrogens is 479 g/mol. The van der Waals surface area contributed by atoms with Gasteiger partial charge in [0.25, 0.3) is 0 Å². The maximum absolute atomic E-state index is 14.2. The Kier molecular flexibility index (Phi) is 7.48. The second-order valence-corrected chi connectivity index (χ2v) is 8.74. The summed E-state index contributed by atoms with van der Waals surface area (Å²) in [7, 11) is 0. The number of allylic oxidation sites excluding steroid dienone is 1. The number of benzene rings is 2. The number of esters is 1. The molecule has 0 saturated carbocycles. The summed E-state index contributed by atoms with van der Waals surface area (Å²) in [6.45, 7) is 6.05. The van der Waals surface area contributed by atoms with E-state index in [2.05, 4.69) is 4.99 Å². The summed E-state index contributed by atoms with van der Waals surface area (Å²) >= 11 is 7.62. The lowest BCUT2D eigenvalue weighted by Crippen LogP contribution is -2.34. The first-order valence-corrected chi connectivity index (χ1v) is 12.1. The quantitative estimate of drug-likeness (QED) is 0.399. The van der Waals surface area contributed by atoms with Crippen molar-refractivity contribution in [2.75, 3.05) is 13.2 Å². The molecule has 1 atom stereocenters. The van der Waals surface area contributed by atoms with Gasteiger partial charge in [-0.1, -0.05) is 35.5 Å². The molecule has 2 aliphatic heterocycles. The maximum atomic E-state index is 14.2. The van der Waals surface area contributed by atoms with Crippen LogP contribution in [0.2, 0.25) is 5.02 Å². The molecule has 2 aliphatic rings. The number of fused-ring (bicyclic) bond motifs is 1. The molecule has 0 spiro atoms. The van der Waals surface area contributed by atoms with Gasteiger partial charge in [-0.3, -0.25) is 0 Å². The molecule has 6 nitrogen and oxygen atoms in total. The molecule has 4 rings (SSSR count). The molecule has 0 aliphatic carbocycles. The first-order valence-electron chi connectivity index (χ1n) is 10.8. The highest BCUT2D eigenvalue weighted by Crippen LogP contribution is 2.43. The average molecular weight is 503 g/mol. The van der Waals surface area contributed by atoms with Gasteiger partial charge in [0.15, 0.2) is 16.7 Å². The van der Waals surface area contributed by atoms with Crippen molar-refractivity contribution in [1.29, 1.82) is 0 Å². The third-order valence-corrected chi connectivity index (χ3v) is 6.46. The Morgan fingerprint density at radius 2 is 2.00 bits per heavy atom. The van der Waals surface area contributed by atoms with Crippen molar-refractivity contribution in [2.24, 2.45) is 4.99 Å². The van der Waals surface area contributed by atoms with Crippen LogP contribution in [0.3, 0.4) is 0 Å². The molecule has 0 saturated heterocycles. The van der Waals surface area contributed by atoms with Gasteiger partial charge in [0.1, 0.15) is 12.4 Å². The summed E-state index contributed by atoms with van der Waals surface area (Å²) in [5, 5.41) is 3.00. The molecule has 178 valence electrons. The SMILES string of the molecule is CCOC(=O)C1=C(C)N=C2SC=CN2[C@H]1c1ccc(OCc2c(F)cccc2Cl)c(OCC)c1. The second-order valence-electron chi connectivity index (χ2n) is 7.45. The molecule has 0 N–H and O–H groups in total. The second kappa shape index (κ2) is 10.5. The summed E-state index contributed by atoms with van der Waals surface area (Å²) in [6.07, 6.45) is 1.89. The number of hydrogen-bond acceptors (Lipinski definition) is 7. The van der Waals surface area contributed by atoms with Gasteiger partial charge < -0.3 is 19.1 Å². The number of hydrogen-bond donors (Lipinski definition) is 0. The van der Waals surface area contributed by atoms with Crippen molar-refractivity contribution in [3.8, 4) is 11.5 Å². The number of nitrogens with zero attached hydrogens (tertiary/aromatic N) is 2. The van der Waals surface area contributed by atoms with Crippen molar-refractivity contribution < 1.29 is 23.4 Å². The Morgan fingerprint density at radius 1 is 1.18 bits per heavy atom. The number of ether oxygens (including phenoxy) is 3. The Labute approximate surface area is 207 Å². The standard InChI is InChI=1S/C25H24ClFN2O4S/c1-4-31-21-13-16(9-10-20(21)33-14-17-18(26)7-6-8-19(17)27)23-22(24(30)32-5-2)15(3)28-25-29(23)11-12-34-25/h6-13,23H,4-5,14H2,1-3H3/t23-/m0/s1. The molecule has 2 heterocycles. The van der Waals surface area contributed by atoms with Gasteiger partial charge >= 0.3 is 5.97 Å². The molecule has 0 unspecified atom stereocenters. The lowest BCUT2D eigenvalue weighted by atomic mass is 9.94. The van der Waals surface area contributed by atoms with E-state index in [9.17, 15) is 9.18 Å². The largest absolute Gasteiger partial charge is 0.490 e. The molecule has 0 amide bonds. The van der Waals surface area contributed by atoms with E-state index in [1.54, 1.807) is 25.1 Å². The summed E-state index contributed by atoms with van der Waals surface area (Å²) in [6, 6.07) is 9.51. The van der Waals surface area contributed by atoms with Gasteiger partial charge in [-0.15, -0.1) is 0 Å². The molecule has 9 heteroatoms. The van der Waals surface area contributed by atoms with Crippen LogP contribution < -0.4 is 9.47 Å². The first kappa shape index (κ1) is 24.2. The van der Waals surface area contributed by atoms with Gasteiger partial charge in [0.2, 0.25) is 0 Å². The Bertz CT molecular complexity index is 1180. The topological polar surface area (TPSA) is 60.4 Å². The van der Waals surface area contributed by atoms with E-state index in [1.807, 2.05) is 42.5 Å². The van der Waals surface area contributed by atoms with Crippen LogP contribution in [-0.4, -0.2) is 29.3 Å². The number of carbonyl (C=O) groups excluding carboxylic acids is 1. The number of rotatable bonds is 8. The van der Waals surface area contributed by atoms with Gasteiger partial charge in [0.05, 0.1) is 35.5 Å². The normalized spacial score (nSPS) is 16.9. The average Bonchev–Trinajstić information content (AvgIpc) is 3.27. The van der Waals surface area contributed by atoms with Gasteiger partial charge in [-0.05, 0) is 56.0 Å². The smallest absolute Gasteiger partial charge is 0.338 e. The van der Waals surface area contributed by atoms with Crippen LogP contribution >= 0.6 is 23.4 Å². The van der Waals surface area contributed by atoms with E-state index >= 15 is 0 Å². The molecular formula is C25H24ClFN2O4S. The van der Waals surface area contributed by atoms with Gasteiger partial charge in [0, 0.05) is 11.8 Å². The minimum Gasteiger partial charge on any atom is -0.490 e. The molecule has 0 bridgehead atoms. The Balaban J connectivity index is 1.69. The molecule has 2 aromatic rings. The Morgan fingerprint density at radius 3 is 2.74 bits per heavy atom. The minimum absolute atomic E-state index is 0.0518. The fourth-order valence-electron chi connectivity index (χ4n) is 3.80. The zero-order chi connectivity index (χ0) is 24.2. The predicted octanol–water partition coefficient (Wildman–Crippen LogP) is 6.22.